The van der Waals surface area contributed by atoms with E-state index in [1.165, 1.54) is 11.3 Å². The van der Waals surface area contributed by atoms with Crippen LogP contribution in [0.5, 0.6) is 11.5 Å². The summed E-state index contributed by atoms with van der Waals surface area (Å²) in [7, 11) is 5.61. The summed E-state index contributed by atoms with van der Waals surface area (Å²) >= 11 is 7.75. The second kappa shape index (κ2) is 10.1. The number of hydrogen-bond donors (Lipinski definition) is 0. The Morgan fingerprint density at radius 3 is 2.70 bits per heavy atom. The molecule has 160 valence electrons. The molecule has 0 unspecified atom stereocenters. The molecule has 0 saturated heterocycles. The molecule has 0 fully saturated rings. The zero-order valence-corrected chi connectivity index (χ0v) is 19.2. The Labute approximate surface area is 186 Å². The van der Waals surface area contributed by atoms with E-state index in [1.54, 1.807) is 24.1 Å². The van der Waals surface area contributed by atoms with Crippen molar-refractivity contribution in [3.05, 3.63) is 47.0 Å². The summed E-state index contributed by atoms with van der Waals surface area (Å²) in [5.74, 6) is 1.16. The number of amides is 1. The largest absolute Gasteiger partial charge is 0.494 e. The summed E-state index contributed by atoms with van der Waals surface area (Å²) in [5, 5.41) is 1.18. The molecule has 0 aliphatic carbocycles. The molecule has 1 amide bonds. The maximum atomic E-state index is 13.1. The Morgan fingerprint density at radius 2 is 2.00 bits per heavy atom. The average Bonchev–Trinajstić information content (AvgIpc) is 3.15. The Hall–Kier alpha value is -2.35. The minimum Gasteiger partial charge on any atom is -0.494 e. The van der Waals surface area contributed by atoms with Gasteiger partial charge in [0, 0.05) is 6.54 Å². The molecule has 0 aliphatic rings. The molecular formula is C22H26ClN3O3S. The Balaban J connectivity index is 1.85. The smallest absolute Gasteiger partial charge is 0.266 e. The van der Waals surface area contributed by atoms with E-state index in [-0.39, 0.29) is 12.5 Å². The van der Waals surface area contributed by atoms with Gasteiger partial charge in [0.15, 0.2) is 11.7 Å². The molecule has 2 aromatic carbocycles. The number of thiazole rings is 1. The number of aromatic nitrogens is 1. The fourth-order valence-corrected chi connectivity index (χ4v) is 4.32. The molecule has 8 heteroatoms. The molecule has 3 aromatic rings. The highest BCUT2D eigenvalue weighted by atomic mass is 35.5. The van der Waals surface area contributed by atoms with Crippen molar-refractivity contribution in [1.29, 1.82) is 0 Å². The van der Waals surface area contributed by atoms with Crippen molar-refractivity contribution in [1.82, 2.24) is 9.88 Å². The van der Waals surface area contributed by atoms with Crippen LogP contribution >= 0.6 is 22.9 Å². The third-order valence-corrected chi connectivity index (χ3v) is 6.08. The number of ether oxygens (including phenoxy) is 2. The summed E-state index contributed by atoms with van der Waals surface area (Å²) in [6.45, 7) is 3.32. The molecule has 1 aromatic heterocycles. The van der Waals surface area contributed by atoms with Gasteiger partial charge in [-0.3, -0.25) is 9.69 Å². The van der Waals surface area contributed by atoms with Crippen LogP contribution in [0.3, 0.4) is 0 Å². The van der Waals surface area contributed by atoms with E-state index in [2.05, 4.69) is 9.88 Å². The van der Waals surface area contributed by atoms with Crippen LogP contribution in [0.15, 0.2) is 36.4 Å². The van der Waals surface area contributed by atoms with Crippen molar-refractivity contribution in [2.75, 3.05) is 45.8 Å². The minimum absolute atomic E-state index is 0.0633. The van der Waals surface area contributed by atoms with E-state index in [4.69, 9.17) is 21.1 Å². The van der Waals surface area contributed by atoms with E-state index in [0.717, 1.165) is 23.2 Å². The number of rotatable bonds is 9. The first-order valence-electron chi connectivity index (χ1n) is 9.66. The van der Waals surface area contributed by atoms with Gasteiger partial charge >= 0.3 is 0 Å². The molecule has 0 atom stereocenters. The number of anilines is 1. The number of methoxy groups -OCH3 is 1. The normalized spacial score (nSPS) is 11.1. The topological polar surface area (TPSA) is 54.9 Å². The number of nitrogens with zero attached hydrogens (tertiary/aromatic N) is 3. The monoisotopic (exact) mass is 447 g/mol. The van der Waals surface area contributed by atoms with Crippen LogP contribution < -0.4 is 14.4 Å². The quantitative estimate of drug-likeness (QED) is 0.478. The predicted molar refractivity (Wildman–Crippen MR) is 123 cm³/mol. The molecule has 0 N–H and O–H groups in total. The van der Waals surface area contributed by atoms with Gasteiger partial charge in [-0.05, 0) is 63.8 Å². The van der Waals surface area contributed by atoms with Gasteiger partial charge in [-0.25, -0.2) is 4.98 Å². The highest BCUT2D eigenvalue weighted by molar-refractivity contribution is 7.23. The van der Waals surface area contributed by atoms with Crippen molar-refractivity contribution in [3.8, 4) is 11.5 Å². The van der Waals surface area contributed by atoms with Gasteiger partial charge in [0.1, 0.15) is 17.0 Å². The lowest BCUT2D eigenvalue weighted by Gasteiger charge is -2.21. The van der Waals surface area contributed by atoms with Crippen LogP contribution in [0.25, 0.3) is 10.2 Å². The SMILES string of the molecule is COc1ccc(Cl)c2sc(N(CCCN(C)C)C(=O)COc3cccc(C)c3)nc12. The summed E-state index contributed by atoms with van der Waals surface area (Å²) in [5.41, 5.74) is 1.74. The van der Waals surface area contributed by atoms with Crippen molar-refractivity contribution in [2.45, 2.75) is 13.3 Å². The third-order valence-electron chi connectivity index (χ3n) is 4.54. The highest BCUT2D eigenvalue weighted by Gasteiger charge is 2.22. The zero-order chi connectivity index (χ0) is 21.7. The molecule has 6 nitrogen and oxygen atoms in total. The number of carbonyl (C=O) groups is 1. The Bertz CT molecular complexity index is 1020. The van der Waals surface area contributed by atoms with Crippen LogP contribution in [0.2, 0.25) is 5.02 Å². The first-order chi connectivity index (χ1) is 14.4. The van der Waals surface area contributed by atoms with Gasteiger partial charge in [-0.15, -0.1) is 0 Å². The van der Waals surface area contributed by atoms with Gasteiger partial charge < -0.3 is 14.4 Å². The number of hydrogen-bond acceptors (Lipinski definition) is 6. The van der Waals surface area contributed by atoms with Crippen molar-refractivity contribution >= 4 is 44.2 Å². The number of carbonyl (C=O) groups excluding carboxylic acids is 1. The first kappa shape index (κ1) is 22.3. The molecule has 0 saturated carbocycles. The van der Waals surface area contributed by atoms with Crippen LogP contribution in [-0.4, -0.2) is 56.7 Å². The van der Waals surface area contributed by atoms with Crippen molar-refractivity contribution in [3.63, 3.8) is 0 Å². The van der Waals surface area contributed by atoms with E-state index in [9.17, 15) is 4.79 Å². The summed E-state index contributed by atoms with van der Waals surface area (Å²) in [6.07, 6.45) is 0.810. The zero-order valence-electron chi connectivity index (χ0n) is 17.6. The van der Waals surface area contributed by atoms with E-state index in [1.807, 2.05) is 45.3 Å². The van der Waals surface area contributed by atoms with Crippen LogP contribution in [0.4, 0.5) is 5.13 Å². The fraction of sp³-hybridized carbons (Fsp3) is 0.364. The second-order valence-electron chi connectivity index (χ2n) is 7.23. The molecule has 0 spiro atoms. The number of aryl methyl sites for hydroxylation is 1. The molecule has 0 radical (unpaired) electrons. The standard InChI is InChI=1S/C22H26ClN3O3S/c1-15-7-5-8-16(13-15)29-14-19(27)26(12-6-11-25(2)3)22-24-20-18(28-4)10-9-17(23)21(20)30-22/h5,7-10,13H,6,11-12,14H2,1-4H3. The first-order valence-corrected chi connectivity index (χ1v) is 10.9. The molecule has 3 rings (SSSR count). The maximum absolute atomic E-state index is 13.1. The minimum atomic E-state index is -0.149. The fourth-order valence-electron chi connectivity index (χ4n) is 3.02. The van der Waals surface area contributed by atoms with Gasteiger partial charge in [0.25, 0.3) is 5.91 Å². The van der Waals surface area contributed by atoms with E-state index < -0.39 is 0 Å². The highest BCUT2D eigenvalue weighted by Crippen LogP contribution is 2.38. The lowest BCUT2D eigenvalue weighted by atomic mass is 10.2. The number of benzene rings is 2. The maximum Gasteiger partial charge on any atom is 0.266 e. The van der Waals surface area contributed by atoms with Crippen LogP contribution in [-0.2, 0) is 4.79 Å². The average molecular weight is 448 g/mol. The Morgan fingerprint density at radius 1 is 1.20 bits per heavy atom. The molecular weight excluding hydrogens is 422 g/mol. The van der Waals surface area contributed by atoms with Gasteiger partial charge in [0.05, 0.1) is 16.8 Å². The van der Waals surface area contributed by atoms with Crippen molar-refractivity contribution in [2.24, 2.45) is 0 Å². The van der Waals surface area contributed by atoms with Gasteiger partial charge in [0.2, 0.25) is 0 Å². The summed E-state index contributed by atoms with van der Waals surface area (Å²) in [6, 6.07) is 11.2. The van der Waals surface area contributed by atoms with Crippen LogP contribution in [0, 0.1) is 6.92 Å². The third kappa shape index (κ3) is 5.41. The Kier molecular flexibility index (Phi) is 7.53. The van der Waals surface area contributed by atoms with Crippen LogP contribution in [0.1, 0.15) is 12.0 Å². The van der Waals surface area contributed by atoms with Gasteiger partial charge in [-0.1, -0.05) is 35.1 Å². The lowest BCUT2D eigenvalue weighted by Crippen LogP contribution is -2.36. The number of fused-ring (bicyclic) bond motifs is 1. The predicted octanol–water partition coefficient (Wildman–Crippen LogP) is 4.63. The molecule has 0 bridgehead atoms. The second-order valence-corrected chi connectivity index (χ2v) is 8.62. The lowest BCUT2D eigenvalue weighted by molar-refractivity contribution is -0.120. The molecule has 0 aliphatic heterocycles. The molecule has 1 heterocycles. The van der Waals surface area contributed by atoms with Gasteiger partial charge in [-0.2, -0.15) is 0 Å². The summed E-state index contributed by atoms with van der Waals surface area (Å²) < 4.78 is 12.0. The van der Waals surface area contributed by atoms with Crippen molar-refractivity contribution < 1.29 is 14.3 Å². The number of halogens is 1. The van der Waals surface area contributed by atoms with E-state index in [0.29, 0.717) is 33.7 Å². The summed E-state index contributed by atoms with van der Waals surface area (Å²) in [4.78, 5) is 21.5. The molecule has 30 heavy (non-hydrogen) atoms. The van der Waals surface area contributed by atoms with E-state index >= 15 is 0 Å².